The molecule has 25 heavy (non-hydrogen) atoms. The van der Waals surface area contributed by atoms with Gasteiger partial charge in [0, 0.05) is 22.0 Å². The average molecular weight is 394 g/mol. The van der Waals surface area contributed by atoms with E-state index in [1.165, 1.54) is 11.3 Å². The Hall–Kier alpha value is -2.08. The summed E-state index contributed by atoms with van der Waals surface area (Å²) < 4.78 is 5.70. The SMILES string of the molecule is O=C(O)Cc1csc(-c2ccc(COc3cc(Cl)ccc3Cl)cc2)n1. The van der Waals surface area contributed by atoms with Gasteiger partial charge < -0.3 is 9.84 Å². The second kappa shape index (κ2) is 7.87. The first-order valence-electron chi connectivity index (χ1n) is 7.34. The molecule has 0 spiro atoms. The van der Waals surface area contributed by atoms with Gasteiger partial charge in [0.25, 0.3) is 0 Å². The molecule has 4 nitrogen and oxygen atoms in total. The van der Waals surface area contributed by atoms with E-state index >= 15 is 0 Å². The third-order valence-electron chi connectivity index (χ3n) is 3.37. The maximum absolute atomic E-state index is 10.7. The molecule has 0 bridgehead atoms. The van der Waals surface area contributed by atoms with E-state index < -0.39 is 5.97 Å². The van der Waals surface area contributed by atoms with Crippen LogP contribution in [0, 0.1) is 0 Å². The summed E-state index contributed by atoms with van der Waals surface area (Å²) in [7, 11) is 0. The summed E-state index contributed by atoms with van der Waals surface area (Å²) >= 11 is 13.4. The van der Waals surface area contributed by atoms with E-state index in [0.29, 0.717) is 28.1 Å². The zero-order chi connectivity index (χ0) is 17.8. The van der Waals surface area contributed by atoms with Gasteiger partial charge in [-0.15, -0.1) is 11.3 Å². The van der Waals surface area contributed by atoms with Gasteiger partial charge in [0.15, 0.2) is 0 Å². The highest BCUT2D eigenvalue weighted by molar-refractivity contribution is 7.13. The Bertz CT molecular complexity index is 894. The first-order chi connectivity index (χ1) is 12.0. The molecule has 0 radical (unpaired) electrons. The van der Waals surface area contributed by atoms with Gasteiger partial charge in [-0.3, -0.25) is 4.79 Å². The number of benzene rings is 2. The third-order valence-corrected chi connectivity index (χ3v) is 4.86. The number of aliphatic carboxylic acids is 1. The summed E-state index contributed by atoms with van der Waals surface area (Å²) in [5.41, 5.74) is 2.48. The van der Waals surface area contributed by atoms with Crippen LogP contribution in [0.4, 0.5) is 0 Å². The summed E-state index contributed by atoms with van der Waals surface area (Å²) in [4.78, 5) is 15.1. The van der Waals surface area contributed by atoms with E-state index in [-0.39, 0.29) is 6.42 Å². The minimum absolute atomic E-state index is 0.0666. The van der Waals surface area contributed by atoms with Crippen molar-refractivity contribution in [3.05, 3.63) is 69.1 Å². The molecule has 2 aromatic carbocycles. The molecule has 3 rings (SSSR count). The molecule has 0 amide bonds. The Morgan fingerprint density at radius 2 is 1.92 bits per heavy atom. The summed E-state index contributed by atoms with van der Waals surface area (Å²) in [6, 6.07) is 12.8. The van der Waals surface area contributed by atoms with Crippen LogP contribution < -0.4 is 4.74 Å². The number of ether oxygens (including phenoxy) is 1. The van der Waals surface area contributed by atoms with Crippen LogP contribution in [-0.2, 0) is 17.8 Å². The number of carboxylic acids is 1. The Morgan fingerprint density at radius 3 is 2.64 bits per heavy atom. The van der Waals surface area contributed by atoms with Gasteiger partial charge in [0.05, 0.1) is 17.1 Å². The van der Waals surface area contributed by atoms with Crippen molar-refractivity contribution in [3.63, 3.8) is 0 Å². The van der Waals surface area contributed by atoms with Crippen molar-refractivity contribution in [1.29, 1.82) is 0 Å². The Balaban J connectivity index is 1.67. The highest BCUT2D eigenvalue weighted by Gasteiger charge is 2.08. The molecule has 0 aliphatic heterocycles. The number of rotatable bonds is 6. The van der Waals surface area contributed by atoms with Crippen molar-refractivity contribution in [1.82, 2.24) is 4.98 Å². The van der Waals surface area contributed by atoms with Crippen LogP contribution >= 0.6 is 34.5 Å². The van der Waals surface area contributed by atoms with E-state index in [2.05, 4.69) is 4.98 Å². The second-order valence-electron chi connectivity index (χ2n) is 5.27. The third kappa shape index (κ3) is 4.72. The summed E-state index contributed by atoms with van der Waals surface area (Å²) in [6.07, 6.45) is -0.0666. The lowest BCUT2D eigenvalue weighted by Crippen LogP contribution is -1.99. The lowest BCUT2D eigenvalue weighted by molar-refractivity contribution is -0.136. The van der Waals surface area contributed by atoms with Crippen molar-refractivity contribution < 1.29 is 14.6 Å². The molecule has 3 aromatic rings. The Kier molecular flexibility index (Phi) is 5.58. The zero-order valence-electron chi connectivity index (χ0n) is 12.9. The van der Waals surface area contributed by atoms with Crippen molar-refractivity contribution in [3.8, 4) is 16.3 Å². The molecule has 0 aliphatic rings. The molecule has 7 heteroatoms. The van der Waals surface area contributed by atoms with E-state index in [0.717, 1.165) is 16.1 Å². The lowest BCUT2D eigenvalue weighted by Gasteiger charge is -2.09. The van der Waals surface area contributed by atoms with Crippen molar-refractivity contribution >= 4 is 40.5 Å². The molecule has 1 N–H and O–H groups in total. The number of carboxylic acid groups (broad SMARTS) is 1. The van der Waals surface area contributed by atoms with Gasteiger partial charge in [-0.05, 0) is 17.7 Å². The minimum atomic E-state index is -0.885. The highest BCUT2D eigenvalue weighted by atomic mass is 35.5. The molecule has 1 heterocycles. The topological polar surface area (TPSA) is 59.4 Å². The monoisotopic (exact) mass is 393 g/mol. The molecule has 0 fully saturated rings. The van der Waals surface area contributed by atoms with Crippen LogP contribution in [-0.4, -0.2) is 16.1 Å². The molecule has 0 saturated carbocycles. The normalized spacial score (nSPS) is 10.6. The van der Waals surface area contributed by atoms with E-state index in [1.54, 1.807) is 23.6 Å². The fraction of sp³-hybridized carbons (Fsp3) is 0.111. The largest absolute Gasteiger partial charge is 0.487 e. The predicted octanol–water partition coefficient (Wildman–Crippen LogP) is 5.32. The number of aromatic nitrogens is 1. The standard InChI is InChI=1S/C18H13Cl2NO3S/c19-13-5-6-15(20)16(7-13)24-9-11-1-3-12(4-2-11)18-21-14(10-25-18)8-17(22)23/h1-7,10H,8-9H2,(H,22,23). The molecule has 0 atom stereocenters. The van der Waals surface area contributed by atoms with Gasteiger partial charge in [0.1, 0.15) is 17.4 Å². The van der Waals surface area contributed by atoms with Crippen LogP contribution in [0.25, 0.3) is 10.6 Å². The lowest BCUT2D eigenvalue weighted by atomic mass is 10.1. The predicted molar refractivity (Wildman–Crippen MR) is 99.7 cm³/mol. The van der Waals surface area contributed by atoms with Crippen molar-refractivity contribution in [2.24, 2.45) is 0 Å². The zero-order valence-corrected chi connectivity index (χ0v) is 15.2. The van der Waals surface area contributed by atoms with Gasteiger partial charge in [-0.1, -0.05) is 47.5 Å². The van der Waals surface area contributed by atoms with Gasteiger partial charge in [0.2, 0.25) is 0 Å². The van der Waals surface area contributed by atoms with E-state index in [9.17, 15) is 4.79 Å². The second-order valence-corrected chi connectivity index (χ2v) is 6.98. The quantitative estimate of drug-likeness (QED) is 0.615. The maximum atomic E-state index is 10.7. The molecular formula is C18H13Cl2NO3S. The van der Waals surface area contributed by atoms with E-state index in [4.69, 9.17) is 33.0 Å². The smallest absolute Gasteiger partial charge is 0.309 e. The Labute approximate surface area is 158 Å². The fourth-order valence-corrected chi connectivity index (χ4v) is 3.33. The van der Waals surface area contributed by atoms with Crippen LogP contribution in [0.3, 0.4) is 0 Å². The summed E-state index contributed by atoms with van der Waals surface area (Å²) in [5.74, 6) is -0.347. The number of halogens is 2. The first-order valence-corrected chi connectivity index (χ1v) is 8.98. The highest BCUT2D eigenvalue weighted by Crippen LogP contribution is 2.29. The van der Waals surface area contributed by atoms with Crippen LogP contribution in [0.15, 0.2) is 47.8 Å². The molecule has 0 aliphatic carbocycles. The molecule has 0 saturated heterocycles. The Morgan fingerprint density at radius 1 is 1.16 bits per heavy atom. The van der Waals surface area contributed by atoms with Gasteiger partial charge in [-0.25, -0.2) is 4.98 Å². The molecule has 0 unspecified atom stereocenters. The van der Waals surface area contributed by atoms with Crippen LogP contribution in [0.5, 0.6) is 5.75 Å². The van der Waals surface area contributed by atoms with Gasteiger partial charge in [-0.2, -0.15) is 0 Å². The van der Waals surface area contributed by atoms with Crippen LogP contribution in [0.2, 0.25) is 10.0 Å². The summed E-state index contributed by atoms with van der Waals surface area (Å²) in [6.45, 7) is 0.364. The minimum Gasteiger partial charge on any atom is -0.487 e. The number of hydrogen-bond donors (Lipinski definition) is 1. The molecular weight excluding hydrogens is 381 g/mol. The summed E-state index contributed by atoms with van der Waals surface area (Å²) in [5, 5.41) is 12.4. The fourth-order valence-electron chi connectivity index (χ4n) is 2.17. The van der Waals surface area contributed by atoms with E-state index in [1.807, 2.05) is 24.3 Å². The number of carbonyl (C=O) groups is 1. The van der Waals surface area contributed by atoms with Crippen molar-refractivity contribution in [2.45, 2.75) is 13.0 Å². The van der Waals surface area contributed by atoms with Gasteiger partial charge >= 0.3 is 5.97 Å². The molecule has 1 aromatic heterocycles. The van der Waals surface area contributed by atoms with Crippen LogP contribution in [0.1, 0.15) is 11.3 Å². The first kappa shape index (κ1) is 17.7. The van der Waals surface area contributed by atoms with Crippen molar-refractivity contribution in [2.75, 3.05) is 0 Å². The molecule has 128 valence electrons. The number of thiazole rings is 1. The average Bonchev–Trinajstić information content (AvgIpc) is 3.04. The maximum Gasteiger partial charge on any atom is 0.309 e. The number of hydrogen-bond acceptors (Lipinski definition) is 4. The number of nitrogens with zero attached hydrogens (tertiary/aromatic N) is 1.